The Balaban J connectivity index is 1.69. The number of likely N-dealkylation sites (N-methyl/N-ethyl adjacent to an activating group) is 2. The van der Waals surface area contributed by atoms with Crippen LogP contribution in [0.5, 0.6) is 11.5 Å². The molecule has 6 heteroatoms. The molecule has 1 aliphatic heterocycles. The minimum absolute atomic E-state index is 0.0404. The van der Waals surface area contributed by atoms with Crippen LogP contribution in [0.3, 0.4) is 0 Å². The van der Waals surface area contributed by atoms with Gasteiger partial charge in [0.15, 0.2) is 11.5 Å². The van der Waals surface area contributed by atoms with E-state index in [0.29, 0.717) is 12.3 Å². The average Bonchev–Trinajstić information content (AvgIpc) is 3.22. The van der Waals surface area contributed by atoms with Crippen molar-refractivity contribution in [3.63, 3.8) is 0 Å². The summed E-state index contributed by atoms with van der Waals surface area (Å²) in [6.07, 6.45) is 1.84. The molecule has 1 N–H and O–H groups in total. The van der Waals surface area contributed by atoms with Gasteiger partial charge >= 0.3 is 0 Å². The molecule has 1 aliphatic rings. The summed E-state index contributed by atoms with van der Waals surface area (Å²) in [6, 6.07) is 11.7. The van der Waals surface area contributed by atoms with E-state index in [0.717, 1.165) is 49.2 Å². The number of ether oxygens (including phenoxy) is 1. The van der Waals surface area contributed by atoms with Crippen molar-refractivity contribution in [2.24, 2.45) is 0 Å². The number of amides is 1. The van der Waals surface area contributed by atoms with Crippen molar-refractivity contribution in [1.29, 1.82) is 0 Å². The summed E-state index contributed by atoms with van der Waals surface area (Å²) in [4.78, 5) is 19.5. The minimum Gasteiger partial charge on any atom is -0.504 e. The van der Waals surface area contributed by atoms with Gasteiger partial charge in [-0.05, 0) is 75.7 Å². The molecular weight excluding hydrogens is 402 g/mol. The maximum Gasteiger partial charge on any atom is 0.253 e. The van der Waals surface area contributed by atoms with E-state index >= 15 is 0 Å². The minimum atomic E-state index is -0.0404. The number of rotatable bonds is 9. The van der Waals surface area contributed by atoms with Gasteiger partial charge in [0.05, 0.1) is 7.11 Å². The Morgan fingerprint density at radius 2 is 1.88 bits per heavy atom. The van der Waals surface area contributed by atoms with Crippen LogP contribution in [0.25, 0.3) is 0 Å². The summed E-state index contributed by atoms with van der Waals surface area (Å²) in [5.74, 6) is 0.771. The zero-order valence-corrected chi connectivity index (χ0v) is 20.3. The van der Waals surface area contributed by atoms with Crippen LogP contribution in [-0.2, 0) is 19.5 Å². The second-order valence-electron chi connectivity index (χ2n) is 9.65. The van der Waals surface area contributed by atoms with Crippen LogP contribution in [0.4, 0.5) is 0 Å². The molecule has 6 nitrogen and oxygen atoms in total. The second kappa shape index (κ2) is 9.92. The number of methoxy groups -OCH3 is 1. The molecule has 174 valence electrons. The van der Waals surface area contributed by atoms with E-state index in [1.165, 1.54) is 5.56 Å². The lowest BCUT2D eigenvalue weighted by Gasteiger charge is -2.35. The first kappa shape index (κ1) is 24.1. The third-order valence-electron chi connectivity index (χ3n) is 6.57. The van der Waals surface area contributed by atoms with E-state index < -0.39 is 0 Å². The number of nitrogens with zero attached hydrogens (tertiary/aromatic N) is 3. The second-order valence-corrected chi connectivity index (χ2v) is 9.65. The molecule has 0 atom stereocenters. The maximum absolute atomic E-state index is 13.1. The quantitative estimate of drug-likeness (QED) is 0.645. The summed E-state index contributed by atoms with van der Waals surface area (Å²) < 4.78 is 5.25. The van der Waals surface area contributed by atoms with Crippen molar-refractivity contribution in [1.82, 2.24) is 14.7 Å². The van der Waals surface area contributed by atoms with E-state index in [2.05, 4.69) is 29.7 Å². The fraction of sp³-hybridized carbons (Fsp3) is 0.500. The number of carbonyl (C=O) groups excluding carboxylic acids is 1. The average molecular weight is 440 g/mol. The standard InChI is InChI=1S/C26H37N3O3/c1-26(2,13-12-19-10-11-23(30)24(16-19)32-6)29-17-20-8-7-9-21(22(20)18-29)25(31)28(5)15-14-27(3)4/h7-11,16,30H,12-15,17-18H2,1-6H3. The maximum atomic E-state index is 13.1. The molecule has 0 spiro atoms. The van der Waals surface area contributed by atoms with Crippen molar-refractivity contribution in [3.05, 3.63) is 58.7 Å². The number of phenols is 1. The molecule has 0 fully saturated rings. The summed E-state index contributed by atoms with van der Waals surface area (Å²) in [5, 5.41) is 9.84. The highest BCUT2D eigenvalue weighted by Crippen LogP contribution is 2.35. The zero-order valence-electron chi connectivity index (χ0n) is 20.3. The van der Waals surface area contributed by atoms with Gasteiger partial charge in [0.2, 0.25) is 0 Å². The van der Waals surface area contributed by atoms with Crippen LogP contribution in [0.1, 0.15) is 47.3 Å². The lowest BCUT2D eigenvalue weighted by molar-refractivity contribution is 0.0781. The molecule has 2 aromatic carbocycles. The molecule has 0 aromatic heterocycles. The SMILES string of the molecule is COc1cc(CCC(C)(C)N2Cc3cccc(C(=O)N(C)CCN(C)C)c3C2)ccc1O. The molecule has 3 rings (SSSR count). The van der Waals surface area contributed by atoms with Gasteiger partial charge in [-0.3, -0.25) is 9.69 Å². The van der Waals surface area contributed by atoms with Gasteiger partial charge in [-0.25, -0.2) is 0 Å². The van der Waals surface area contributed by atoms with Crippen LogP contribution in [-0.4, -0.2) is 72.6 Å². The van der Waals surface area contributed by atoms with Crippen molar-refractivity contribution >= 4 is 5.91 Å². The summed E-state index contributed by atoms with van der Waals surface area (Å²) in [6.45, 7) is 7.72. The van der Waals surface area contributed by atoms with E-state index in [-0.39, 0.29) is 17.2 Å². The van der Waals surface area contributed by atoms with Gasteiger partial charge in [-0.15, -0.1) is 0 Å². The van der Waals surface area contributed by atoms with Crippen molar-refractivity contribution in [2.45, 2.75) is 45.3 Å². The monoisotopic (exact) mass is 439 g/mol. The number of aromatic hydroxyl groups is 1. The normalized spacial score (nSPS) is 14.0. The Bertz CT molecular complexity index is 955. The first-order valence-corrected chi connectivity index (χ1v) is 11.2. The predicted molar refractivity (Wildman–Crippen MR) is 128 cm³/mol. The molecule has 1 heterocycles. The third kappa shape index (κ3) is 5.43. The topological polar surface area (TPSA) is 56.2 Å². The Hall–Kier alpha value is -2.57. The summed E-state index contributed by atoms with van der Waals surface area (Å²) >= 11 is 0. The number of hydrogen-bond acceptors (Lipinski definition) is 5. The summed E-state index contributed by atoms with van der Waals surface area (Å²) in [5.41, 5.74) is 4.33. The van der Waals surface area contributed by atoms with E-state index in [1.54, 1.807) is 13.2 Å². The lowest BCUT2D eigenvalue weighted by atomic mass is 9.93. The van der Waals surface area contributed by atoms with Crippen LogP contribution >= 0.6 is 0 Å². The van der Waals surface area contributed by atoms with Crippen molar-refractivity contribution < 1.29 is 14.6 Å². The molecule has 0 aliphatic carbocycles. The van der Waals surface area contributed by atoms with E-state index in [9.17, 15) is 9.90 Å². The highest BCUT2D eigenvalue weighted by atomic mass is 16.5. The largest absolute Gasteiger partial charge is 0.504 e. The highest BCUT2D eigenvalue weighted by molar-refractivity contribution is 5.96. The number of carbonyl (C=O) groups is 1. The van der Waals surface area contributed by atoms with Gasteiger partial charge < -0.3 is 19.6 Å². The molecular formula is C26H37N3O3. The fourth-order valence-electron chi connectivity index (χ4n) is 4.19. The molecule has 1 amide bonds. The van der Waals surface area contributed by atoms with Crippen molar-refractivity contribution in [3.8, 4) is 11.5 Å². The van der Waals surface area contributed by atoms with Gasteiger partial charge in [-0.1, -0.05) is 18.2 Å². The van der Waals surface area contributed by atoms with Crippen LogP contribution in [0.15, 0.2) is 36.4 Å². The van der Waals surface area contributed by atoms with Crippen LogP contribution in [0.2, 0.25) is 0 Å². The van der Waals surface area contributed by atoms with Crippen LogP contribution < -0.4 is 4.74 Å². The fourth-order valence-corrected chi connectivity index (χ4v) is 4.19. The number of benzene rings is 2. The van der Waals surface area contributed by atoms with E-state index in [4.69, 9.17) is 4.74 Å². The Kier molecular flexibility index (Phi) is 7.47. The smallest absolute Gasteiger partial charge is 0.253 e. The molecule has 0 bridgehead atoms. The molecule has 0 saturated carbocycles. The first-order valence-electron chi connectivity index (χ1n) is 11.2. The summed E-state index contributed by atoms with van der Waals surface area (Å²) in [7, 11) is 7.49. The Morgan fingerprint density at radius 3 is 2.56 bits per heavy atom. The van der Waals surface area contributed by atoms with Gasteiger partial charge in [-0.2, -0.15) is 0 Å². The molecule has 2 aromatic rings. The Labute approximate surface area is 192 Å². The van der Waals surface area contributed by atoms with Crippen molar-refractivity contribution in [2.75, 3.05) is 41.3 Å². The predicted octanol–water partition coefficient (Wildman–Crippen LogP) is 3.76. The van der Waals surface area contributed by atoms with Gasteiger partial charge in [0.25, 0.3) is 5.91 Å². The molecule has 0 unspecified atom stereocenters. The number of aryl methyl sites for hydroxylation is 1. The molecule has 0 radical (unpaired) electrons. The van der Waals surface area contributed by atoms with Gasteiger partial charge in [0, 0.05) is 44.3 Å². The number of hydrogen-bond donors (Lipinski definition) is 1. The number of fused-ring (bicyclic) bond motifs is 1. The highest BCUT2D eigenvalue weighted by Gasteiger charge is 2.34. The van der Waals surface area contributed by atoms with Gasteiger partial charge in [0.1, 0.15) is 0 Å². The zero-order chi connectivity index (χ0) is 23.5. The molecule has 32 heavy (non-hydrogen) atoms. The Morgan fingerprint density at radius 1 is 1.12 bits per heavy atom. The lowest BCUT2D eigenvalue weighted by Crippen LogP contribution is -2.40. The van der Waals surface area contributed by atoms with E-state index in [1.807, 2.05) is 50.3 Å². The van der Waals surface area contributed by atoms with Crippen LogP contribution in [0, 0.1) is 0 Å². The first-order chi connectivity index (χ1) is 15.1. The third-order valence-corrected chi connectivity index (χ3v) is 6.57. The number of phenolic OH excluding ortho intramolecular Hbond substituents is 1. The molecule has 0 saturated heterocycles.